The molecule has 1 aromatic heterocycles. The van der Waals surface area contributed by atoms with E-state index in [-0.39, 0.29) is 5.91 Å². The Balaban J connectivity index is 2.06. The highest BCUT2D eigenvalue weighted by Crippen LogP contribution is 2.24. The number of hydrogen-bond donors (Lipinski definition) is 1. The molecule has 2 N–H and O–H groups in total. The molecule has 0 bridgehead atoms. The second-order valence-corrected chi connectivity index (χ2v) is 5.71. The van der Waals surface area contributed by atoms with Crippen LogP contribution in [-0.2, 0) is 4.74 Å². The van der Waals surface area contributed by atoms with E-state index in [0.29, 0.717) is 22.5 Å². The van der Waals surface area contributed by atoms with E-state index in [0.717, 1.165) is 31.6 Å². The quantitative estimate of drug-likeness (QED) is 0.903. The van der Waals surface area contributed by atoms with Gasteiger partial charge in [-0.25, -0.2) is 4.98 Å². The average Bonchev–Trinajstić information content (AvgIpc) is 2.68. The van der Waals surface area contributed by atoms with Crippen LogP contribution < -0.4 is 5.73 Å². The van der Waals surface area contributed by atoms with E-state index in [1.165, 1.54) is 11.3 Å². The zero-order valence-electron chi connectivity index (χ0n) is 10.8. The van der Waals surface area contributed by atoms with Gasteiger partial charge >= 0.3 is 0 Å². The van der Waals surface area contributed by atoms with Gasteiger partial charge in [-0.1, -0.05) is 11.3 Å². The van der Waals surface area contributed by atoms with Crippen molar-refractivity contribution in [2.24, 2.45) is 5.92 Å². The molecule has 1 unspecified atom stereocenters. The van der Waals surface area contributed by atoms with E-state index in [4.69, 9.17) is 10.5 Å². The number of carbonyl (C=O) groups is 1. The summed E-state index contributed by atoms with van der Waals surface area (Å²) >= 11 is 1.27. The zero-order chi connectivity index (χ0) is 13.1. The van der Waals surface area contributed by atoms with Crippen molar-refractivity contribution < 1.29 is 9.53 Å². The van der Waals surface area contributed by atoms with Crippen LogP contribution in [0.4, 0.5) is 5.13 Å². The first-order valence-corrected chi connectivity index (χ1v) is 6.94. The highest BCUT2D eigenvalue weighted by Gasteiger charge is 2.26. The summed E-state index contributed by atoms with van der Waals surface area (Å²) in [6.07, 6.45) is 2.16. The number of rotatable bonds is 3. The lowest BCUT2D eigenvalue weighted by molar-refractivity contribution is 0.0574. The lowest BCUT2D eigenvalue weighted by Gasteiger charge is -2.32. The fourth-order valence-electron chi connectivity index (χ4n) is 2.38. The molecule has 0 radical (unpaired) electrons. The molecular weight excluding hydrogens is 250 g/mol. The summed E-state index contributed by atoms with van der Waals surface area (Å²) in [6.45, 7) is 4.13. The van der Waals surface area contributed by atoms with Gasteiger partial charge in [-0.3, -0.25) is 4.79 Å². The van der Waals surface area contributed by atoms with Crippen LogP contribution in [0.25, 0.3) is 0 Å². The molecule has 2 heterocycles. The molecule has 5 nitrogen and oxygen atoms in total. The summed E-state index contributed by atoms with van der Waals surface area (Å²) < 4.78 is 5.18. The number of hydrogen-bond acceptors (Lipinski definition) is 5. The maximum absolute atomic E-state index is 12.4. The molecule has 100 valence electrons. The number of ether oxygens (including phenoxy) is 1. The van der Waals surface area contributed by atoms with Crippen molar-refractivity contribution in [3.8, 4) is 0 Å². The van der Waals surface area contributed by atoms with Gasteiger partial charge in [0.15, 0.2) is 5.13 Å². The SMILES string of the molecule is COCC1CCCN(C(=O)c2sc(N)nc2C)C1. The lowest BCUT2D eigenvalue weighted by atomic mass is 9.99. The van der Waals surface area contributed by atoms with Crippen LogP contribution in [0.15, 0.2) is 0 Å². The Morgan fingerprint density at radius 1 is 1.67 bits per heavy atom. The molecule has 0 aromatic carbocycles. The molecule has 0 aliphatic carbocycles. The predicted octanol–water partition coefficient (Wildman–Crippen LogP) is 1.53. The van der Waals surface area contributed by atoms with Gasteiger partial charge in [0.1, 0.15) is 4.88 Å². The van der Waals surface area contributed by atoms with Crippen LogP contribution in [-0.4, -0.2) is 42.6 Å². The van der Waals surface area contributed by atoms with Crippen LogP contribution in [0.5, 0.6) is 0 Å². The Kier molecular flexibility index (Phi) is 4.19. The number of piperidine rings is 1. The van der Waals surface area contributed by atoms with E-state index in [1.807, 2.05) is 11.8 Å². The minimum absolute atomic E-state index is 0.0579. The summed E-state index contributed by atoms with van der Waals surface area (Å²) in [5.41, 5.74) is 6.37. The summed E-state index contributed by atoms with van der Waals surface area (Å²) in [6, 6.07) is 0. The number of amides is 1. The number of carbonyl (C=O) groups excluding carboxylic acids is 1. The molecule has 1 saturated heterocycles. The number of methoxy groups -OCH3 is 1. The predicted molar refractivity (Wildman–Crippen MR) is 71.8 cm³/mol. The highest BCUT2D eigenvalue weighted by atomic mass is 32.1. The lowest BCUT2D eigenvalue weighted by Crippen LogP contribution is -2.41. The maximum atomic E-state index is 12.4. The fourth-order valence-corrected chi connectivity index (χ4v) is 3.18. The number of anilines is 1. The first-order valence-electron chi connectivity index (χ1n) is 6.13. The van der Waals surface area contributed by atoms with Crippen molar-refractivity contribution in [3.05, 3.63) is 10.6 Å². The van der Waals surface area contributed by atoms with Gasteiger partial charge in [0.2, 0.25) is 0 Å². The van der Waals surface area contributed by atoms with Crippen LogP contribution in [0, 0.1) is 12.8 Å². The summed E-state index contributed by atoms with van der Waals surface area (Å²) in [5.74, 6) is 0.501. The molecule has 1 atom stereocenters. The van der Waals surface area contributed by atoms with Crippen molar-refractivity contribution in [1.29, 1.82) is 0 Å². The summed E-state index contributed by atoms with van der Waals surface area (Å²) in [4.78, 5) is 19.1. The Hall–Kier alpha value is -1.14. The molecule has 1 amide bonds. The van der Waals surface area contributed by atoms with Gasteiger partial charge in [-0.2, -0.15) is 0 Å². The van der Waals surface area contributed by atoms with Crippen molar-refractivity contribution in [2.45, 2.75) is 19.8 Å². The third-order valence-corrected chi connectivity index (χ3v) is 4.19. The van der Waals surface area contributed by atoms with E-state index >= 15 is 0 Å². The van der Waals surface area contributed by atoms with Crippen LogP contribution in [0.1, 0.15) is 28.2 Å². The van der Waals surface area contributed by atoms with Gasteiger partial charge in [-0.05, 0) is 25.7 Å². The number of nitrogen functional groups attached to an aromatic ring is 1. The number of likely N-dealkylation sites (tertiary alicyclic amines) is 1. The monoisotopic (exact) mass is 269 g/mol. The molecule has 1 aromatic rings. The van der Waals surface area contributed by atoms with E-state index < -0.39 is 0 Å². The van der Waals surface area contributed by atoms with Crippen molar-refractivity contribution in [3.63, 3.8) is 0 Å². The van der Waals surface area contributed by atoms with Gasteiger partial charge < -0.3 is 15.4 Å². The second kappa shape index (κ2) is 5.67. The van der Waals surface area contributed by atoms with Gasteiger partial charge in [0.05, 0.1) is 12.3 Å². The Morgan fingerprint density at radius 3 is 3.06 bits per heavy atom. The van der Waals surface area contributed by atoms with Gasteiger partial charge in [-0.15, -0.1) is 0 Å². The fraction of sp³-hybridized carbons (Fsp3) is 0.667. The average molecular weight is 269 g/mol. The number of nitrogens with two attached hydrogens (primary N) is 1. The van der Waals surface area contributed by atoms with Crippen molar-refractivity contribution >= 4 is 22.4 Å². The van der Waals surface area contributed by atoms with E-state index in [1.54, 1.807) is 7.11 Å². The minimum Gasteiger partial charge on any atom is -0.384 e. The smallest absolute Gasteiger partial charge is 0.265 e. The molecule has 6 heteroatoms. The minimum atomic E-state index is 0.0579. The molecule has 1 aliphatic heterocycles. The number of aromatic nitrogens is 1. The largest absolute Gasteiger partial charge is 0.384 e. The van der Waals surface area contributed by atoms with E-state index in [2.05, 4.69) is 4.98 Å². The molecule has 1 fully saturated rings. The Bertz CT molecular complexity index is 431. The molecule has 0 spiro atoms. The van der Waals surface area contributed by atoms with Crippen molar-refractivity contribution in [2.75, 3.05) is 32.5 Å². The maximum Gasteiger partial charge on any atom is 0.265 e. The second-order valence-electron chi connectivity index (χ2n) is 4.68. The Labute approximate surface area is 111 Å². The third kappa shape index (κ3) is 2.81. The molecule has 0 saturated carbocycles. The third-order valence-electron chi connectivity index (χ3n) is 3.22. The van der Waals surface area contributed by atoms with Crippen LogP contribution in [0.2, 0.25) is 0 Å². The van der Waals surface area contributed by atoms with Crippen LogP contribution in [0.3, 0.4) is 0 Å². The highest BCUT2D eigenvalue weighted by molar-refractivity contribution is 7.17. The topological polar surface area (TPSA) is 68.5 Å². The molecule has 1 aliphatic rings. The zero-order valence-corrected chi connectivity index (χ0v) is 11.6. The number of thiazole rings is 1. The normalized spacial score (nSPS) is 20.1. The van der Waals surface area contributed by atoms with Gasteiger partial charge in [0, 0.05) is 20.2 Å². The molecule has 2 rings (SSSR count). The Morgan fingerprint density at radius 2 is 2.44 bits per heavy atom. The van der Waals surface area contributed by atoms with Crippen LogP contribution >= 0.6 is 11.3 Å². The number of aryl methyl sites for hydroxylation is 1. The summed E-state index contributed by atoms with van der Waals surface area (Å²) in [5, 5.41) is 0.460. The van der Waals surface area contributed by atoms with E-state index in [9.17, 15) is 4.79 Å². The first kappa shape index (κ1) is 13.3. The summed E-state index contributed by atoms with van der Waals surface area (Å²) in [7, 11) is 1.70. The van der Waals surface area contributed by atoms with Gasteiger partial charge in [0.25, 0.3) is 5.91 Å². The first-order chi connectivity index (χ1) is 8.61. The number of nitrogens with zero attached hydrogens (tertiary/aromatic N) is 2. The molecular formula is C12H19N3O2S. The molecule has 18 heavy (non-hydrogen) atoms. The van der Waals surface area contributed by atoms with Crippen molar-refractivity contribution in [1.82, 2.24) is 9.88 Å². The standard InChI is InChI=1S/C12H19N3O2S/c1-8-10(18-12(13)14-8)11(16)15-5-3-4-9(6-15)7-17-2/h9H,3-7H2,1-2H3,(H2,13,14).